The van der Waals surface area contributed by atoms with Crippen LogP contribution in [0.15, 0.2) is 30.5 Å². The summed E-state index contributed by atoms with van der Waals surface area (Å²) in [6.07, 6.45) is 8.89. The van der Waals surface area contributed by atoms with Crippen molar-refractivity contribution in [3.63, 3.8) is 0 Å². The molecule has 0 radical (unpaired) electrons. The minimum absolute atomic E-state index is 0.0199. The van der Waals surface area contributed by atoms with Crippen molar-refractivity contribution >= 4 is 21.7 Å². The summed E-state index contributed by atoms with van der Waals surface area (Å²) in [7, 11) is 1.44. The van der Waals surface area contributed by atoms with E-state index in [0.29, 0.717) is 16.2 Å². The second-order valence-corrected chi connectivity index (χ2v) is 7.02. The van der Waals surface area contributed by atoms with E-state index in [9.17, 15) is 9.50 Å². The molecule has 1 aliphatic rings. The van der Waals surface area contributed by atoms with E-state index in [0.717, 1.165) is 12.8 Å². The Morgan fingerprint density at radius 3 is 2.76 bits per heavy atom. The molecule has 1 N–H and O–H groups in total. The van der Waals surface area contributed by atoms with E-state index < -0.39 is 11.6 Å². The quantitative estimate of drug-likeness (QED) is 0.520. The van der Waals surface area contributed by atoms with Gasteiger partial charge in [-0.1, -0.05) is 12.0 Å². The van der Waals surface area contributed by atoms with Crippen molar-refractivity contribution in [1.29, 1.82) is 0 Å². The van der Waals surface area contributed by atoms with Crippen LogP contribution >= 0.6 is 0 Å². The molecule has 144 valence electrons. The van der Waals surface area contributed by atoms with Crippen LogP contribution in [0.2, 0.25) is 0 Å². The summed E-state index contributed by atoms with van der Waals surface area (Å²) in [5.41, 5.74) is 0.353. The Bertz CT molecular complexity index is 1350. The zero-order chi connectivity index (χ0) is 20.3. The van der Waals surface area contributed by atoms with Crippen LogP contribution in [0, 0.1) is 24.0 Å². The lowest BCUT2D eigenvalue weighted by Gasteiger charge is -2.13. The molecule has 2 aromatic heterocycles. The molecule has 0 unspecified atom stereocenters. The van der Waals surface area contributed by atoms with E-state index in [-0.39, 0.29) is 40.0 Å². The number of hydrogen-bond acceptors (Lipinski definition) is 4. The third-order valence-corrected chi connectivity index (χ3v) is 5.19. The molecule has 0 saturated heterocycles. The maximum atomic E-state index is 15.7. The minimum Gasteiger partial charge on any atom is -0.508 e. The number of methoxy groups -OCH3 is 1. The van der Waals surface area contributed by atoms with Gasteiger partial charge in [-0.15, -0.1) is 6.42 Å². The Kier molecular flexibility index (Phi) is 3.71. The lowest BCUT2D eigenvalue weighted by molar-refractivity contribution is 0.402. The van der Waals surface area contributed by atoms with Gasteiger partial charge in [-0.25, -0.2) is 13.8 Å². The monoisotopic (exact) mass is 391 g/mol. The molecule has 0 atom stereocenters. The van der Waals surface area contributed by atoms with Crippen LogP contribution in [0.25, 0.3) is 32.9 Å². The molecule has 1 aliphatic carbocycles. The Morgan fingerprint density at radius 2 is 2.07 bits per heavy atom. The van der Waals surface area contributed by atoms with Gasteiger partial charge in [0.15, 0.2) is 5.82 Å². The Labute approximate surface area is 164 Å². The number of aromatic hydroxyl groups is 1. The van der Waals surface area contributed by atoms with Gasteiger partial charge in [0.25, 0.3) is 0 Å². The summed E-state index contributed by atoms with van der Waals surface area (Å²) in [5, 5.41) is 15.7. The molecule has 2 aromatic carbocycles. The highest BCUT2D eigenvalue weighted by Crippen LogP contribution is 2.42. The van der Waals surface area contributed by atoms with Gasteiger partial charge >= 0.3 is 0 Å². The number of aromatic nitrogens is 3. The fourth-order valence-corrected chi connectivity index (χ4v) is 3.74. The van der Waals surface area contributed by atoms with Crippen LogP contribution in [0.4, 0.5) is 8.78 Å². The smallest absolute Gasteiger partial charge is 0.225 e. The predicted molar refractivity (Wildman–Crippen MR) is 105 cm³/mol. The van der Waals surface area contributed by atoms with Crippen molar-refractivity contribution in [1.82, 2.24) is 14.8 Å². The highest BCUT2D eigenvalue weighted by Gasteiger charge is 2.30. The number of terminal acetylenes is 1. The minimum atomic E-state index is -0.621. The molecule has 0 amide bonds. The van der Waals surface area contributed by atoms with Gasteiger partial charge < -0.3 is 9.84 Å². The number of nitrogens with zero attached hydrogens (tertiary/aromatic N) is 3. The van der Waals surface area contributed by atoms with Gasteiger partial charge in [0.2, 0.25) is 5.88 Å². The molecular weight excluding hydrogens is 376 g/mol. The number of phenolic OH excluding ortho intramolecular Hbond substituents is 1. The molecule has 0 aliphatic heterocycles. The van der Waals surface area contributed by atoms with Gasteiger partial charge in [0.1, 0.15) is 22.8 Å². The van der Waals surface area contributed by atoms with Crippen LogP contribution in [-0.2, 0) is 0 Å². The molecule has 2 heterocycles. The highest BCUT2D eigenvalue weighted by atomic mass is 19.1. The fraction of sp³-hybridized carbons (Fsp3) is 0.182. The van der Waals surface area contributed by atoms with Gasteiger partial charge in [0.05, 0.1) is 30.3 Å². The summed E-state index contributed by atoms with van der Waals surface area (Å²) >= 11 is 0. The summed E-state index contributed by atoms with van der Waals surface area (Å²) < 4.78 is 37.1. The zero-order valence-electron chi connectivity index (χ0n) is 15.4. The molecule has 5 rings (SSSR count). The molecule has 1 fully saturated rings. The zero-order valence-corrected chi connectivity index (χ0v) is 15.4. The van der Waals surface area contributed by atoms with E-state index in [1.807, 2.05) is 0 Å². The predicted octanol–water partition coefficient (Wildman–Crippen LogP) is 4.56. The van der Waals surface area contributed by atoms with E-state index >= 15 is 4.39 Å². The standard InChI is InChI=1S/C22H15F2N3O2/c1-3-14-17(23)7-4-11-8-13(28)9-15(18(11)14)20-19(24)21-16(22(26-20)29-2)10-25-27(21)12-5-6-12/h1,4,7-10,12,28H,5-6H2,2H3. The van der Waals surface area contributed by atoms with E-state index in [1.165, 1.54) is 37.6 Å². The number of hydrogen-bond donors (Lipinski definition) is 1. The molecule has 0 spiro atoms. The number of halogens is 2. The topological polar surface area (TPSA) is 60.2 Å². The maximum absolute atomic E-state index is 15.7. The van der Waals surface area contributed by atoms with Crippen molar-refractivity contribution in [2.45, 2.75) is 18.9 Å². The molecule has 29 heavy (non-hydrogen) atoms. The number of rotatable bonds is 3. The van der Waals surface area contributed by atoms with Gasteiger partial charge in [-0.3, -0.25) is 4.68 Å². The van der Waals surface area contributed by atoms with Gasteiger partial charge in [-0.2, -0.15) is 5.10 Å². The lowest BCUT2D eigenvalue weighted by atomic mass is 9.96. The van der Waals surface area contributed by atoms with E-state index in [4.69, 9.17) is 11.2 Å². The summed E-state index contributed by atoms with van der Waals surface area (Å²) in [5.74, 6) is 1.18. The number of ether oxygens (including phenoxy) is 1. The van der Waals surface area contributed by atoms with Crippen LogP contribution in [-0.4, -0.2) is 27.0 Å². The highest BCUT2D eigenvalue weighted by molar-refractivity contribution is 6.02. The molecule has 1 saturated carbocycles. The third kappa shape index (κ3) is 2.53. The number of benzene rings is 2. The van der Waals surface area contributed by atoms with E-state index in [1.54, 1.807) is 4.68 Å². The Hall–Kier alpha value is -3.66. The number of fused-ring (bicyclic) bond motifs is 2. The molecule has 0 bridgehead atoms. The summed E-state index contributed by atoms with van der Waals surface area (Å²) in [6.45, 7) is 0. The Morgan fingerprint density at radius 1 is 1.28 bits per heavy atom. The van der Waals surface area contributed by atoms with Crippen molar-refractivity contribution in [3.8, 4) is 35.2 Å². The molecular formula is C22H15F2N3O2. The Balaban J connectivity index is 1.93. The summed E-state index contributed by atoms with van der Waals surface area (Å²) in [6, 6.07) is 5.60. The normalized spacial score (nSPS) is 13.7. The number of pyridine rings is 1. The van der Waals surface area contributed by atoms with Crippen molar-refractivity contribution in [3.05, 3.63) is 47.7 Å². The van der Waals surface area contributed by atoms with Crippen LogP contribution < -0.4 is 4.74 Å². The lowest BCUT2D eigenvalue weighted by Crippen LogP contribution is -2.02. The molecule has 5 nitrogen and oxygen atoms in total. The number of phenols is 1. The fourth-order valence-electron chi connectivity index (χ4n) is 3.74. The van der Waals surface area contributed by atoms with Gasteiger partial charge in [0, 0.05) is 10.9 Å². The second kappa shape index (κ2) is 6.17. The first-order valence-electron chi connectivity index (χ1n) is 9.06. The first-order valence-corrected chi connectivity index (χ1v) is 9.06. The van der Waals surface area contributed by atoms with Gasteiger partial charge in [-0.05, 0) is 36.4 Å². The first-order chi connectivity index (χ1) is 14.0. The largest absolute Gasteiger partial charge is 0.508 e. The van der Waals surface area contributed by atoms with E-state index in [2.05, 4.69) is 16.0 Å². The maximum Gasteiger partial charge on any atom is 0.225 e. The van der Waals surface area contributed by atoms with Crippen LogP contribution in [0.3, 0.4) is 0 Å². The average Bonchev–Trinajstić information content (AvgIpc) is 3.46. The average molecular weight is 391 g/mol. The first kappa shape index (κ1) is 17.4. The third-order valence-electron chi connectivity index (χ3n) is 5.19. The summed E-state index contributed by atoms with van der Waals surface area (Å²) in [4.78, 5) is 4.33. The van der Waals surface area contributed by atoms with Crippen molar-refractivity contribution in [2.24, 2.45) is 0 Å². The SMILES string of the molecule is C#Cc1c(F)ccc2cc(O)cc(-c3nc(OC)c4cnn(C5CC5)c4c3F)c12. The molecule has 4 aromatic rings. The van der Waals surface area contributed by atoms with Crippen molar-refractivity contribution < 1.29 is 18.6 Å². The van der Waals surface area contributed by atoms with Crippen LogP contribution in [0.1, 0.15) is 24.4 Å². The second-order valence-electron chi connectivity index (χ2n) is 7.02. The van der Waals surface area contributed by atoms with Crippen molar-refractivity contribution in [2.75, 3.05) is 7.11 Å². The van der Waals surface area contributed by atoms with Crippen LogP contribution in [0.5, 0.6) is 11.6 Å². The molecule has 7 heteroatoms.